The Morgan fingerprint density at radius 3 is 2.85 bits per heavy atom. The van der Waals surface area contributed by atoms with Gasteiger partial charge >= 0.3 is 5.97 Å². The fourth-order valence-electron chi connectivity index (χ4n) is 1.58. The van der Waals surface area contributed by atoms with E-state index in [-0.39, 0.29) is 5.92 Å². The van der Waals surface area contributed by atoms with Crippen molar-refractivity contribution in [1.29, 1.82) is 0 Å². The number of rotatable bonds is 4. The van der Waals surface area contributed by atoms with Crippen LogP contribution in [-0.2, 0) is 9.59 Å². The number of hydrogen-bond acceptors (Lipinski definition) is 3. The maximum absolute atomic E-state index is 10.9. The van der Waals surface area contributed by atoms with Gasteiger partial charge in [-0.25, -0.2) is 4.79 Å². The van der Waals surface area contributed by atoms with Crippen LogP contribution in [0.15, 0.2) is 0 Å². The molecule has 0 bridgehead atoms. The predicted molar refractivity (Wildman–Crippen MR) is 50.7 cm³/mol. The van der Waals surface area contributed by atoms with E-state index in [1.807, 2.05) is 0 Å². The molecule has 5 heteroatoms. The first-order valence-corrected chi connectivity index (χ1v) is 5.30. The minimum Gasteiger partial charge on any atom is -0.480 e. The van der Waals surface area contributed by atoms with Gasteiger partial charge in [-0.3, -0.25) is 4.79 Å². The molecule has 1 aliphatic heterocycles. The van der Waals surface area contributed by atoms with Crippen LogP contribution in [0.4, 0.5) is 0 Å². The van der Waals surface area contributed by atoms with E-state index in [1.54, 1.807) is 11.8 Å². The summed E-state index contributed by atoms with van der Waals surface area (Å²) >= 11 is 1.75. The molecule has 1 saturated heterocycles. The number of hydrogen-bond donors (Lipinski definition) is 1. The molecule has 1 N–H and O–H groups in total. The number of carbonyl (C=O) groups excluding carboxylic acids is 1. The van der Waals surface area contributed by atoms with E-state index >= 15 is 0 Å². The summed E-state index contributed by atoms with van der Waals surface area (Å²) in [7, 11) is 1.52. The lowest BCUT2D eigenvalue weighted by molar-refractivity contribution is -0.147. The zero-order valence-corrected chi connectivity index (χ0v) is 8.29. The zero-order chi connectivity index (χ0) is 9.84. The van der Waals surface area contributed by atoms with Crippen molar-refractivity contribution in [3.05, 3.63) is 0 Å². The van der Waals surface area contributed by atoms with Crippen molar-refractivity contribution in [2.75, 3.05) is 18.6 Å². The van der Waals surface area contributed by atoms with Gasteiger partial charge < -0.3 is 10.0 Å². The smallest absolute Gasteiger partial charge is 0.326 e. The molecule has 0 spiro atoms. The van der Waals surface area contributed by atoms with Crippen LogP contribution >= 0.6 is 11.8 Å². The molecule has 4 nitrogen and oxygen atoms in total. The molecule has 74 valence electrons. The summed E-state index contributed by atoms with van der Waals surface area (Å²) in [5, 5.41) is 8.93. The quantitative estimate of drug-likeness (QED) is 0.667. The highest BCUT2D eigenvalue weighted by Crippen LogP contribution is 2.28. The molecule has 2 unspecified atom stereocenters. The van der Waals surface area contributed by atoms with Gasteiger partial charge in [0.25, 0.3) is 0 Å². The first-order valence-electron chi connectivity index (χ1n) is 4.14. The lowest BCUT2D eigenvalue weighted by Gasteiger charge is -2.25. The van der Waals surface area contributed by atoms with Gasteiger partial charge in [-0.2, -0.15) is 11.8 Å². The van der Waals surface area contributed by atoms with Gasteiger partial charge in [-0.05, 0) is 23.8 Å². The van der Waals surface area contributed by atoms with E-state index in [0.29, 0.717) is 6.41 Å². The molecule has 2 atom stereocenters. The lowest BCUT2D eigenvalue weighted by Crippen LogP contribution is -2.43. The van der Waals surface area contributed by atoms with Gasteiger partial charge in [0.2, 0.25) is 6.41 Å². The second kappa shape index (κ2) is 4.50. The van der Waals surface area contributed by atoms with E-state index in [4.69, 9.17) is 5.11 Å². The molecule has 0 radical (unpaired) electrons. The van der Waals surface area contributed by atoms with E-state index in [1.165, 1.54) is 11.9 Å². The zero-order valence-electron chi connectivity index (χ0n) is 7.47. The monoisotopic (exact) mass is 203 g/mol. The molecule has 0 aromatic heterocycles. The third kappa shape index (κ3) is 2.37. The third-order valence-corrected chi connectivity index (χ3v) is 3.46. The Morgan fingerprint density at radius 2 is 2.46 bits per heavy atom. The van der Waals surface area contributed by atoms with Crippen molar-refractivity contribution >= 4 is 24.1 Å². The first kappa shape index (κ1) is 10.4. The number of aliphatic carboxylic acids is 1. The van der Waals surface area contributed by atoms with E-state index in [9.17, 15) is 9.59 Å². The summed E-state index contributed by atoms with van der Waals surface area (Å²) < 4.78 is 0. The predicted octanol–water partition coefficient (Wildman–Crippen LogP) is 0.281. The molecule has 1 rings (SSSR count). The lowest BCUT2D eigenvalue weighted by atomic mass is 9.98. The van der Waals surface area contributed by atoms with Crippen LogP contribution in [0.25, 0.3) is 0 Å². The van der Waals surface area contributed by atoms with Crippen LogP contribution in [0.5, 0.6) is 0 Å². The molecule has 1 heterocycles. The number of amides is 1. The van der Waals surface area contributed by atoms with Gasteiger partial charge in [0, 0.05) is 7.05 Å². The van der Waals surface area contributed by atoms with Gasteiger partial charge in [0.05, 0.1) is 0 Å². The van der Waals surface area contributed by atoms with E-state index < -0.39 is 12.0 Å². The van der Waals surface area contributed by atoms with Crippen LogP contribution in [-0.4, -0.2) is 47.0 Å². The van der Waals surface area contributed by atoms with Crippen molar-refractivity contribution in [2.24, 2.45) is 5.92 Å². The largest absolute Gasteiger partial charge is 0.480 e. The van der Waals surface area contributed by atoms with Crippen molar-refractivity contribution in [2.45, 2.75) is 12.5 Å². The van der Waals surface area contributed by atoms with Crippen LogP contribution in [0, 0.1) is 5.92 Å². The molecule has 0 aromatic rings. The summed E-state index contributed by atoms with van der Waals surface area (Å²) in [6.45, 7) is 0. The maximum atomic E-state index is 10.9. The number of carboxylic acid groups (broad SMARTS) is 1. The highest BCUT2D eigenvalue weighted by atomic mass is 32.2. The number of likely N-dealkylation sites (N-methyl/N-ethyl adjacent to an activating group) is 1. The standard InChI is InChI=1S/C8H13NO3S/c1-9(5-10)7(8(11)12)6-2-3-13-4-6/h5-7H,2-4H2,1H3,(H,11,12). The summed E-state index contributed by atoms with van der Waals surface area (Å²) in [6, 6.07) is -0.646. The molecule has 1 amide bonds. The molecule has 0 saturated carbocycles. The van der Waals surface area contributed by atoms with Crippen molar-refractivity contribution in [3.63, 3.8) is 0 Å². The van der Waals surface area contributed by atoms with Gasteiger partial charge in [-0.15, -0.1) is 0 Å². The summed E-state index contributed by atoms with van der Waals surface area (Å²) in [5.41, 5.74) is 0. The number of thioether (sulfide) groups is 1. The number of nitrogens with zero attached hydrogens (tertiary/aromatic N) is 1. The fraction of sp³-hybridized carbons (Fsp3) is 0.750. The minimum absolute atomic E-state index is 0.109. The van der Waals surface area contributed by atoms with Crippen LogP contribution in [0.3, 0.4) is 0 Å². The molecule has 13 heavy (non-hydrogen) atoms. The molecule has 0 aliphatic carbocycles. The molecule has 1 fully saturated rings. The Kier molecular flexibility index (Phi) is 3.59. The van der Waals surface area contributed by atoms with E-state index in [2.05, 4.69) is 0 Å². The molecule has 1 aliphatic rings. The SMILES string of the molecule is CN(C=O)C(C(=O)O)C1CCSC1. The van der Waals surface area contributed by atoms with Crippen molar-refractivity contribution < 1.29 is 14.7 Å². The highest BCUT2D eigenvalue weighted by Gasteiger charge is 2.33. The molecular formula is C8H13NO3S. The first-order chi connectivity index (χ1) is 6.16. The Balaban J connectivity index is 2.65. The van der Waals surface area contributed by atoms with Gasteiger partial charge in [-0.1, -0.05) is 0 Å². The third-order valence-electron chi connectivity index (χ3n) is 2.27. The summed E-state index contributed by atoms with van der Waals surface area (Å²) in [6.07, 6.45) is 1.47. The second-order valence-electron chi connectivity index (χ2n) is 3.18. The Hall–Kier alpha value is -0.710. The maximum Gasteiger partial charge on any atom is 0.326 e. The minimum atomic E-state index is -0.901. The Bertz CT molecular complexity index is 204. The molecular weight excluding hydrogens is 190 g/mol. The highest BCUT2D eigenvalue weighted by molar-refractivity contribution is 7.99. The number of carboxylic acids is 1. The number of carbonyl (C=O) groups is 2. The Morgan fingerprint density at radius 1 is 1.77 bits per heavy atom. The van der Waals surface area contributed by atoms with Crippen LogP contribution < -0.4 is 0 Å². The van der Waals surface area contributed by atoms with Crippen molar-refractivity contribution in [1.82, 2.24) is 4.90 Å². The average Bonchev–Trinajstić information content (AvgIpc) is 2.56. The summed E-state index contributed by atoms with van der Waals surface area (Å²) in [5.74, 6) is 1.05. The van der Waals surface area contributed by atoms with Crippen molar-refractivity contribution in [3.8, 4) is 0 Å². The Labute approximate surface area is 81.3 Å². The topological polar surface area (TPSA) is 57.6 Å². The second-order valence-corrected chi connectivity index (χ2v) is 4.33. The van der Waals surface area contributed by atoms with Gasteiger partial charge in [0.1, 0.15) is 6.04 Å². The summed E-state index contributed by atoms with van der Waals surface area (Å²) in [4.78, 5) is 22.6. The normalized spacial score (nSPS) is 23.9. The van der Waals surface area contributed by atoms with Crippen LogP contribution in [0.2, 0.25) is 0 Å². The van der Waals surface area contributed by atoms with Crippen LogP contribution in [0.1, 0.15) is 6.42 Å². The molecule has 0 aromatic carbocycles. The average molecular weight is 203 g/mol. The van der Waals surface area contributed by atoms with E-state index in [0.717, 1.165) is 17.9 Å². The fourth-order valence-corrected chi connectivity index (χ4v) is 2.86. The van der Waals surface area contributed by atoms with Gasteiger partial charge in [0.15, 0.2) is 0 Å².